The highest BCUT2D eigenvalue weighted by molar-refractivity contribution is 5.92. The molecular formula is C14H17N5O. The average molecular weight is 271 g/mol. The van der Waals surface area contributed by atoms with E-state index in [9.17, 15) is 0 Å². The number of aromatic nitrogens is 2. The molecule has 0 saturated carbocycles. The van der Waals surface area contributed by atoms with Crippen LogP contribution in [0.15, 0.2) is 24.3 Å². The van der Waals surface area contributed by atoms with E-state index in [0.29, 0.717) is 31.0 Å². The van der Waals surface area contributed by atoms with E-state index >= 15 is 0 Å². The van der Waals surface area contributed by atoms with Crippen molar-refractivity contribution in [1.82, 2.24) is 15.5 Å². The first kappa shape index (κ1) is 14.2. The Hall–Kier alpha value is -2.23. The molecule has 0 amide bonds. The number of aliphatic hydroxyl groups excluding tert-OH is 1. The summed E-state index contributed by atoms with van der Waals surface area (Å²) < 4.78 is 0. The molecule has 1 aromatic carbocycles. The van der Waals surface area contributed by atoms with Crippen molar-refractivity contribution in [3.05, 3.63) is 30.0 Å². The van der Waals surface area contributed by atoms with Crippen LogP contribution in [0.5, 0.6) is 0 Å². The van der Waals surface area contributed by atoms with Gasteiger partial charge in [0.05, 0.1) is 17.3 Å². The van der Waals surface area contributed by atoms with Crippen LogP contribution in [0.3, 0.4) is 0 Å². The smallest absolute Gasteiger partial charge is 0.186 e. The van der Waals surface area contributed by atoms with E-state index in [1.54, 1.807) is 6.92 Å². The van der Waals surface area contributed by atoms with Gasteiger partial charge in [0, 0.05) is 25.0 Å². The molecule has 1 atom stereocenters. The quantitative estimate of drug-likeness (QED) is 0.675. The number of hydrogen-bond donors (Lipinski definition) is 3. The lowest BCUT2D eigenvalue weighted by molar-refractivity contribution is 0.192. The summed E-state index contributed by atoms with van der Waals surface area (Å²) in [5.74, 6) is 0. The molecule has 0 aliphatic rings. The molecule has 0 bridgehead atoms. The third kappa shape index (κ3) is 3.41. The monoisotopic (exact) mass is 271 g/mol. The number of aliphatic hydroxyl groups is 1. The molecule has 0 aliphatic heterocycles. The molecule has 1 heterocycles. The van der Waals surface area contributed by atoms with Gasteiger partial charge in [0.15, 0.2) is 5.69 Å². The van der Waals surface area contributed by atoms with Gasteiger partial charge in [0.2, 0.25) is 0 Å². The van der Waals surface area contributed by atoms with Gasteiger partial charge in [0.1, 0.15) is 6.07 Å². The number of benzene rings is 1. The fourth-order valence-corrected chi connectivity index (χ4v) is 1.90. The minimum Gasteiger partial charge on any atom is -0.392 e. The largest absolute Gasteiger partial charge is 0.392 e. The average Bonchev–Trinajstić information content (AvgIpc) is 2.46. The van der Waals surface area contributed by atoms with Crippen LogP contribution >= 0.6 is 0 Å². The highest BCUT2D eigenvalue weighted by Gasteiger charge is 2.09. The number of rotatable bonds is 6. The van der Waals surface area contributed by atoms with Crippen molar-refractivity contribution in [1.29, 1.82) is 5.26 Å². The summed E-state index contributed by atoms with van der Waals surface area (Å²) in [5.41, 5.74) is 1.75. The Balaban J connectivity index is 2.10. The van der Waals surface area contributed by atoms with Gasteiger partial charge < -0.3 is 15.7 Å². The summed E-state index contributed by atoms with van der Waals surface area (Å²) in [4.78, 5) is 0. The molecule has 20 heavy (non-hydrogen) atoms. The van der Waals surface area contributed by atoms with E-state index in [4.69, 9.17) is 10.4 Å². The van der Waals surface area contributed by atoms with Gasteiger partial charge in [0.25, 0.3) is 0 Å². The van der Waals surface area contributed by atoms with Crippen molar-refractivity contribution in [2.24, 2.45) is 0 Å². The summed E-state index contributed by atoms with van der Waals surface area (Å²) >= 11 is 0. The van der Waals surface area contributed by atoms with Crippen LogP contribution < -0.4 is 10.6 Å². The Morgan fingerprint density at radius 2 is 2.10 bits per heavy atom. The van der Waals surface area contributed by atoms with Gasteiger partial charge in [-0.15, -0.1) is 10.2 Å². The van der Waals surface area contributed by atoms with Gasteiger partial charge in [-0.3, -0.25) is 0 Å². The van der Waals surface area contributed by atoms with Gasteiger partial charge in [-0.2, -0.15) is 5.26 Å². The highest BCUT2D eigenvalue weighted by Crippen LogP contribution is 2.23. The number of anilines is 1. The zero-order chi connectivity index (χ0) is 14.4. The second-order valence-corrected chi connectivity index (χ2v) is 4.53. The van der Waals surface area contributed by atoms with E-state index in [1.807, 2.05) is 24.3 Å². The third-order valence-electron chi connectivity index (χ3n) is 2.82. The fourth-order valence-electron chi connectivity index (χ4n) is 1.90. The first-order chi connectivity index (χ1) is 9.72. The minimum atomic E-state index is -0.368. The molecule has 3 N–H and O–H groups in total. The van der Waals surface area contributed by atoms with Gasteiger partial charge >= 0.3 is 0 Å². The molecule has 6 heteroatoms. The zero-order valence-corrected chi connectivity index (χ0v) is 11.3. The minimum absolute atomic E-state index is 0.291. The lowest BCUT2D eigenvalue weighted by Gasteiger charge is -2.11. The predicted molar refractivity (Wildman–Crippen MR) is 77.3 cm³/mol. The fraction of sp³-hybridized carbons (Fsp3) is 0.357. The Morgan fingerprint density at radius 1 is 1.30 bits per heavy atom. The summed E-state index contributed by atoms with van der Waals surface area (Å²) in [6.45, 7) is 3.60. The second-order valence-electron chi connectivity index (χ2n) is 4.53. The summed E-state index contributed by atoms with van der Waals surface area (Å²) in [7, 11) is 0. The van der Waals surface area contributed by atoms with E-state index in [-0.39, 0.29) is 6.10 Å². The third-order valence-corrected chi connectivity index (χ3v) is 2.82. The molecule has 1 aromatic heterocycles. The van der Waals surface area contributed by atoms with Crippen LogP contribution in [0.4, 0.5) is 5.69 Å². The molecular weight excluding hydrogens is 254 g/mol. The van der Waals surface area contributed by atoms with Gasteiger partial charge in [-0.1, -0.05) is 18.2 Å². The Bertz CT molecular complexity index is 620. The van der Waals surface area contributed by atoms with Crippen molar-refractivity contribution in [2.45, 2.75) is 13.0 Å². The Morgan fingerprint density at radius 3 is 2.85 bits per heavy atom. The van der Waals surface area contributed by atoms with Crippen LogP contribution in [0.25, 0.3) is 10.9 Å². The van der Waals surface area contributed by atoms with E-state index < -0.39 is 0 Å². The molecule has 0 spiro atoms. The van der Waals surface area contributed by atoms with Crippen LogP contribution in [0, 0.1) is 11.3 Å². The molecule has 0 fully saturated rings. The molecule has 104 valence electrons. The summed E-state index contributed by atoms with van der Waals surface area (Å²) in [6, 6.07) is 9.62. The maximum absolute atomic E-state index is 9.15. The zero-order valence-electron chi connectivity index (χ0n) is 11.3. The lowest BCUT2D eigenvalue weighted by Crippen LogP contribution is -2.29. The number of hydrogen-bond acceptors (Lipinski definition) is 6. The Labute approximate surface area is 117 Å². The predicted octanol–water partition coefficient (Wildman–Crippen LogP) is 0.884. The first-order valence-electron chi connectivity index (χ1n) is 6.50. The van der Waals surface area contributed by atoms with Crippen LogP contribution in [0.1, 0.15) is 12.6 Å². The maximum Gasteiger partial charge on any atom is 0.186 e. The van der Waals surface area contributed by atoms with Crippen molar-refractivity contribution in [3.63, 3.8) is 0 Å². The van der Waals surface area contributed by atoms with Crippen LogP contribution in [0.2, 0.25) is 0 Å². The van der Waals surface area contributed by atoms with Crippen molar-refractivity contribution < 1.29 is 5.11 Å². The van der Waals surface area contributed by atoms with Crippen molar-refractivity contribution in [3.8, 4) is 6.07 Å². The Kier molecular flexibility index (Phi) is 4.82. The number of nitriles is 1. The van der Waals surface area contributed by atoms with E-state index in [1.165, 1.54) is 0 Å². The van der Waals surface area contributed by atoms with E-state index in [0.717, 1.165) is 10.9 Å². The molecule has 1 unspecified atom stereocenters. The van der Waals surface area contributed by atoms with Crippen LogP contribution in [-0.2, 0) is 0 Å². The van der Waals surface area contributed by atoms with Gasteiger partial charge in [-0.25, -0.2) is 0 Å². The molecule has 6 nitrogen and oxygen atoms in total. The molecule has 2 rings (SSSR count). The van der Waals surface area contributed by atoms with Crippen molar-refractivity contribution in [2.75, 3.05) is 25.0 Å². The van der Waals surface area contributed by atoms with Gasteiger partial charge in [-0.05, 0) is 13.0 Å². The highest BCUT2D eigenvalue weighted by atomic mass is 16.3. The molecule has 0 saturated heterocycles. The summed E-state index contributed by atoms with van der Waals surface area (Å²) in [5, 5.41) is 33.4. The van der Waals surface area contributed by atoms with Crippen molar-refractivity contribution >= 4 is 16.6 Å². The topological polar surface area (TPSA) is 93.9 Å². The number of fused-ring (bicyclic) bond motifs is 1. The number of nitrogens with one attached hydrogen (secondary N) is 2. The normalized spacial score (nSPS) is 12.1. The maximum atomic E-state index is 9.15. The number of nitrogens with zero attached hydrogens (tertiary/aromatic N) is 3. The standard InChI is InChI=1S/C14H17N5O/c1-10(20)9-16-6-7-17-14-11-4-2-3-5-12(11)18-19-13(14)8-15/h2-5,10,16,20H,6-7,9H2,1H3,(H,17,18). The van der Waals surface area contributed by atoms with Crippen LogP contribution in [-0.4, -0.2) is 41.0 Å². The SMILES string of the molecule is CC(O)CNCCNc1c(C#N)nnc2ccccc12. The lowest BCUT2D eigenvalue weighted by atomic mass is 10.1. The first-order valence-corrected chi connectivity index (χ1v) is 6.50. The molecule has 0 aliphatic carbocycles. The molecule has 2 aromatic rings. The second kappa shape index (κ2) is 6.80. The summed E-state index contributed by atoms with van der Waals surface area (Å²) in [6.07, 6.45) is -0.368. The van der Waals surface area contributed by atoms with E-state index in [2.05, 4.69) is 26.9 Å². The molecule has 0 radical (unpaired) electrons.